The van der Waals surface area contributed by atoms with Gasteiger partial charge in [-0.15, -0.1) is 0 Å². The van der Waals surface area contributed by atoms with Gasteiger partial charge in [-0.2, -0.15) is 0 Å². The van der Waals surface area contributed by atoms with Crippen molar-refractivity contribution in [3.8, 4) is 5.75 Å². The molecule has 1 aromatic carbocycles. The highest BCUT2D eigenvalue weighted by molar-refractivity contribution is 5.44. The minimum Gasteiger partial charge on any atom is -0.508 e. The van der Waals surface area contributed by atoms with Gasteiger partial charge in [-0.25, -0.2) is 0 Å². The summed E-state index contributed by atoms with van der Waals surface area (Å²) in [4.78, 5) is 2.34. The summed E-state index contributed by atoms with van der Waals surface area (Å²) in [5, 5.41) is 9.69. The summed E-state index contributed by atoms with van der Waals surface area (Å²) in [6, 6.07) is 6.37. The molecule has 1 unspecified atom stereocenters. The summed E-state index contributed by atoms with van der Waals surface area (Å²) >= 11 is 0. The lowest BCUT2D eigenvalue weighted by Crippen LogP contribution is -2.22. The molecule has 1 aromatic rings. The first-order chi connectivity index (χ1) is 6.74. The van der Waals surface area contributed by atoms with Gasteiger partial charge in [0.2, 0.25) is 0 Å². The van der Waals surface area contributed by atoms with E-state index < -0.39 is 0 Å². The number of aromatic hydroxyl groups is 1. The molecule has 0 saturated heterocycles. The maximum Gasteiger partial charge on any atom is 0.119 e. The molecule has 1 aliphatic rings. The lowest BCUT2D eigenvalue weighted by Gasteiger charge is -2.23. The fourth-order valence-corrected chi connectivity index (χ4v) is 2.29. The summed E-state index contributed by atoms with van der Waals surface area (Å²) in [5.74, 6) is 0.467. The van der Waals surface area contributed by atoms with Crippen LogP contribution in [0, 0.1) is 0 Å². The van der Waals surface area contributed by atoms with E-state index in [1.165, 1.54) is 5.56 Å². The van der Waals surface area contributed by atoms with E-state index in [2.05, 4.69) is 24.9 Å². The van der Waals surface area contributed by atoms with Gasteiger partial charge in [0.25, 0.3) is 0 Å². The number of hydrogen-bond acceptors (Lipinski definition) is 2. The van der Waals surface area contributed by atoms with Crippen molar-refractivity contribution in [2.24, 2.45) is 0 Å². The Bertz CT molecular complexity index is 335. The van der Waals surface area contributed by atoms with E-state index in [1.807, 2.05) is 6.07 Å². The molecule has 0 fully saturated rings. The standard InChI is InChI=1S/C12H17NO/c1-3-13(2)11-8-7-10-9(11)5-4-6-12(10)14/h4-6,11,14H,3,7-8H2,1-2H3. The number of rotatable bonds is 2. The van der Waals surface area contributed by atoms with Gasteiger partial charge in [-0.3, -0.25) is 4.90 Å². The largest absolute Gasteiger partial charge is 0.508 e. The molecule has 2 rings (SSSR count). The summed E-state index contributed by atoms with van der Waals surface area (Å²) in [6.45, 7) is 3.22. The smallest absolute Gasteiger partial charge is 0.119 e. The number of benzene rings is 1. The first-order valence-corrected chi connectivity index (χ1v) is 5.25. The number of fused-ring (bicyclic) bond motifs is 1. The van der Waals surface area contributed by atoms with Crippen LogP contribution in [0.25, 0.3) is 0 Å². The number of hydrogen-bond donors (Lipinski definition) is 1. The van der Waals surface area contributed by atoms with E-state index in [-0.39, 0.29) is 0 Å². The quantitative estimate of drug-likeness (QED) is 0.775. The Kier molecular flexibility index (Phi) is 2.46. The molecule has 0 bridgehead atoms. The van der Waals surface area contributed by atoms with Crippen LogP contribution in [-0.2, 0) is 6.42 Å². The van der Waals surface area contributed by atoms with Crippen LogP contribution in [0.2, 0.25) is 0 Å². The molecule has 1 N–H and O–H groups in total. The fraction of sp³-hybridized carbons (Fsp3) is 0.500. The van der Waals surface area contributed by atoms with Crippen LogP contribution in [0.1, 0.15) is 30.5 Å². The van der Waals surface area contributed by atoms with E-state index >= 15 is 0 Å². The number of nitrogens with zero attached hydrogens (tertiary/aromatic N) is 1. The highest BCUT2D eigenvalue weighted by Crippen LogP contribution is 2.38. The first kappa shape index (κ1) is 9.53. The minimum absolute atomic E-state index is 0.467. The SMILES string of the molecule is CCN(C)C1CCc2c(O)cccc21. The number of phenols is 1. The van der Waals surface area contributed by atoms with Gasteiger partial charge in [0.15, 0.2) is 0 Å². The van der Waals surface area contributed by atoms with Gasteiger partial charge in [0.05, 0.1) is 0 Å². The van der Waals surface area contributed by atoms with Crippen molar-refractivity contribution in [1.29, 1.82) is 0 Å². The fourth-order valence-electron chi connectivity index (χ4n) is 2.29. The van der Waals surface area contributed by atoms with Gasteiger partial charge in [-0.05, 0) is 43.6 Å². The zero-order valence-electron chi connectivity index (χ0n) is 8.83. The predicted molar refractivity (Wildman–Crippen MR) is 57.5 cm³/mol. The molecule has 2 nitrogen and oxygen atoms in total. The lowest BCUT2D eigenvalue weighted by atomic mass is 10.1. The zero-order valence-corrected chi connectivity index (χ0v) is 8.83. The third-order valence-electron chi connectivity index (χ3n) is 3.25. The van der Waals surface area contributed by atoms with E-state index in [4.69, 9.17) is 0 Å². The highest BCUT2D eigenvalue weighted by Gasteiger charge is 2.26. The molecular formula is C12H17NO. The molecule has 0 saturated carbocycles. The Morgan fingerprint density at radius 2 is 2.29 bits per heavy atom. The Morgan fingerprint density at radius 1 is 1.50 bits per heavy atom. The van der Waals surface area contributed by atoms with Crippen molar-refractivity contribution in [3.05, 3.63) is 29.3 Å². The Labute approximate surface area is 85.2 Å². The van der Waals surface area contributed by atoms with Crippen LogP contribution >= 0.6 is 0 Å². The summed E-state index contributed by atoms with van der Waals surface area (Å²) < 4.78 is 0. The van der Waals surface area contributed by atoms with Crippen molar-refractivity contribution in [2.75, 3.05) is 13.6 Å². The molecule has 0 amide bonds. The van der Waals surface area contributed by atoms with Gasteiger partial charge in [0, 0.05) is 6.04 Å². The predicted octanol–water partition coefficient (Wildman–Crippen LogP) is 2.33. The molecule has 2 heteroatoms. The van der Waals surface area contributed by atoms with Gasteiger partial charge in [-0.1, -0.05) is 19.1 Å². The van der Waals surface area contributed by atoms with E-state index in [9.17, 15) is 5.11 Å². The molecule has 0 heterocycles. The Hall–Kier alpha value is -1.02. The molecule has 1 aliphatic carbocycles. The van der Waals surface area contributed by atoms with E-state index in [0.29, 0.717) is 11.8 Å². The van der Waals surface area contributed by atoms with Gasteiger partial charge < -0.3 is 5.11 Å². The van der Waals surface area contributed by atoms with Crippen LogP contribution in [-0.4, -0.2) is 23.6 Å². The summed E-state index contributed by atoms with van der Waals surface area (Å²) in [5.41, 5.74) is 2.46. The van der Waals surface area contributed by atoms with Crippen molar-refractivity contribution >= 4 is 0 Å². The molecular weight excluding hydrogens is 174 g/mol. The monoisotopic (exact) mass is 191 g/mol. The van der Waals surface area contributed by atoms with Crippen molar-refractivity contribution in [2.45, 2.75) is 25.8 Å². The highest BCUT2D eigenvalue weighted by atomic mass is 16.3. The molecule has 1 atom stereocenters. The van der Waals surface area contributed by atoms with Crippen LogP contribution in [0.4, 0.5) is 0 Å². The van der Waals surface area contributed by atoms with Crippen LogP contribution < -0.4 is 0 Å². The van der Waals surface area contributed by atoms with E-state index in [1.54, 1.807) is 6.07 Å². The Morgan fingerprint density at radius 3 is 3.00 bits per heavy atom. The maximum atomic E-state index is 9.69. The first-order valence-electron chi connectivity index (χ1n) is 5.25. The van der Waals surface area contributed by atoms with Crippen LogP contribution in [0.5, 0.6) is 5.75 Å². The minimum atomic E-state index is 0.467. The molecule has 0 radical (unpaired) electrons. The third-order valence-corrected chi connectivity index (χ3v) is 3.25. The lowest BCUT2D eigenvalue weighted by molar-refractivity contribution is 0.257. The normalized spacial score (nSPS) is 20.1. The number of phenolic OH excluding ortho intramolecular Hbond substituents is 1. The maximum absolute atomic E-state index is 9.69. The molecule has 14 heavy (non-hydrogen) atoms. The van der Waals surface area contributed by atoms with Crippen molar-refractivity contribution < 1.29 is 5.11 Å². The zero-order chi connectivity index (χ0) is 10.1. The van der Waals surface area contributed by atoms with Crippen molar-refractivity contribution in [3.63, 3.8) is 0 Å². The second kappa shape index (κ2) is 3.62. The van der Waals surface area contributed by atoms with E-state index in [0.717, 1.165) is 24.9 Å². The van der Waals surface area contributed by atoms with Crippen LogP contribution in [0.3, 0.4) is 0 Å². The Balaban J connectivity index is 2.35. The molecule has 0 aliphatic heterocycles. The van der Waals surface area contributed by atoms with Crippen molar-refractivity contribution in [1.82, 2.24) is 4.90 Å². The summed E-state index contributed by atoms with van der Waals surface area (Å²) in [6.07, 6.45) is 2.15. The van der Waals surface area contributed by atoms with Gasteiger partial charge >= 0.3 is 0 Å². The average molecular weight is 191 g/mol. The average Bonchev–Trinajstić information content (AvgIpc) is 2.62. The third kappa shape index (κ3) is 1.40. The molecule has 0 spiro atoms. The molecule has 0 aromatic heterocycles. The topological polar surface area (TPSA) is 23.5 Å². The molecule has 76 valence electrons. The second-order valence-electron chi connectivity index (χ2n) is 3.97. The second-order valence-corrected chi connectivity index (χ2v) is 3.97. The van der Waals surface area contributed by atoms with Crippen LogP contribution in [0.15, 0.2) is 18.2 Å². The summed E-state index contributed by atoms with van der Waals surface area (Å²) in [7, 11) is 2.14. The van der Waals surface area contributed by atoms with Gasteiger partial charge in [0.1, 0.15) is 5.75 Å².